The Hall–Kier alpha value is -2.17. The fourth-order valence-electron chi connectivity index (χ4n) is 2.03. The average molecular weight is 262 g/mol. The van der Waals surface area contributed by atoms with Crippen LogP contribution in [-0.4, -0.2) is 20.9 Å². The van der Waals surface area contributed by atoms with E-state index in [9.17, 15) is 14.3 Å². The minimum Gasteiger partial charge on any atom is -0.478 e. The Morgan fingerprint density at radius 2 is 2.05 bits per heavy atom. The second-order valence-corrected chi connectivity index (χ2v) is 5.35. The van der Waals surface area contributed by atoms with Crippen molar-refractivity contribution in [2.24, 2.45) is 0 Å². The molecule has 0 unspecified atom stereocenters. The lowest BCUT2D eigenvalue weighted by atomic mass is 9.89. The average Bonchev–Trinajstić information content (AvgIpc) is 2.73. The van der Waals surface area contributed by atoms with Crippen LogP contribution in [0.4, 0.5) is 4.39 Å². The van der Waals surface area contributed by atoms with Gasteiger partial charge in [-0.1, -0.05) is 26.8 Å². The molecule has 2 aromatic rings. The third-order valence-electron chi connectivity index (χ3n) is 2.76. The minimum absolute atomic E-state index is 0.136. The van der Waals surface area contributed by atoms with Crippen LogP contribution in [0, 0.1) is 5.82 Å². The van der Waals surface area contributed by atoms with Gasteiger partial charge in [0.05, 0.1) is 17.6 Å². The van der Waals surface area contributed by atoms with Gasteiger partial charge in [-0.3, -0.25) is 0 Å². The Kier molecular flexibility index (Phi) is 3.14. The standard InChI is InChI=1S/C14H15FN2O2/c1-14(2,3)12-11(13(18)19)8-16-17(12)10-6-4-5-9(15)7-10/h4-8H,1-3H3,(H,18,19). The summed E-state index contributed by atoms with van der Waals surface area (Å²) >= 11 is 0. The van der Waals surface area contributed by atoms with E-state index in [2.05, 4.69) is 5.10 Å². The molecule has 100 valence electrons. The first-order valence-corrected chi connectivity index (χ1v) is 5.88. The smallest absolute Gasteiger partial charge is 0.339 e. The van der Waals surface area contributed by atoms with Crippen molar-refractivity contribution in [3.05, 3.63) is 47.5 Å². The summed E-state index contributed by atoms with van der Waals surface area (Å²) in [5.74, 6) is -1.42. The molecule has 0 aliphatic heterocycles. The van der Waals surface area contributed by atoms with E-state index in [1.54, 1.807) is 12.1 Å². The molecule has 0 radical (unpaired) electrons. The number of hydrogen-bond acceptors (Lipinski definition) is 2. The number of aromatic carboxylic acids is 1. The van der Waals surface area contributed by atoms with E-state index in [0.29, 0.717) is 11.4 Å². The van der Waals surface area contributed by atoms with Crippen LogP contribution in [0.5, 0.6) is 0 Å². The molecule has 1 aromatic heterocycles. The van der Waals surface area contributed by atoms with Gasteiger partial charge in [-0.2, -0.15) is 5.10 Å². The molecule has 0 aliphatic carbocycles. The third kappa shape index (κ3) is 2.50. The number of halogens is 1. The molecule has 0 spiro atoms. The van der Waals surface area contributed by atoms with Crippen LogP contribution in [0.1, 0.15) is 36.8 Å². The lowest BCUT2D eigenvalue weighted by molar-refractivity contribution is 0.0694. The molecule has 0 bridgehead atoms. The van der Waals surface area contributed by atoms with Crippen LogP contribution >= 0.6 is 0 Å². The highest BCUT2D eigenvalue weighted by Gasteiger charge is 2.27. The predicted octanol–water partition coefficient (Wildman–Crippen LogP) is 3.01. The fourth-order valence-corrected chi connectivity index (χ4v) is 2.03. The van der Waals surface area contributed by atoms with E-state index in [0.717, 1.165) is 0 Å². The molecule has 0 fully saturated rings. The van der Waals surface area contributed by atoms with Crippen molar-refractivity contribution in [1.82, 2.24) is 9.78 Å². The van der Waals surface area contributed by atoms with Crippen molar-refractivity contribution >= 4 is 5.97 Å². The summed E-state index contributed by atoms with van der Waals surface area (Å²) in [6.07, 6.45) is 1.30. The number of aromatic nitrogens is 2. The highest BCUT2D eigenvalue weighted by atomic mass is 19.1. The van der Waals surface area contributed by atoms with Gasteiger partial charge in [-0.05, 0) is 18.2 Å². The maximum atomic E-state index is 13.3. The van der Waals surface area contributed by atoms with Crippen LogP contribution in [0.15, 0.2) is 30.5 Å². The van der Waals surface area contributed by atoms with Gasteiger partial charge >= 0.3 is 5.97 Å². The Labute approximate surface area is 110 Å². The molecule has 0 atom stereocenters. The summed E-state index contributed by atoms with van der Waals surface area (Å²) in [7, 11) is 0. The van der Waals surface area contributed by atoms with Crippen molar-refractivity contribution in [1.29, 1.82) is 0 Å². The largest absolute Gasteiger partial charge is 0.478 e. The van der Waals surface area contributed by atoms with E-state index in [4.69, 9.17) is 0 Å². The number of carboxylic acid groups (broad SMARTS) is 1. The Bertz CT molecular complexity index is 627. The topological polar surface area (TPSA) is 55.1 Å². The quantitative estimate of drug-likeness (QED) is 0.905. The maximum Gasteiger partial charge on any atom is 0.339 e. The highest BCUT2D eigenvalue weighted by Crippen LogP contribution is 2.28. The number of rotatable bonds is 2. The minimum atomic E-state index is -1.03. The van der Waals surface area contributed by atoms with Crippen LogP contribution < -0.4 is 0 Å². The number of benzene rings is 1. The SMILES string of the molecule is CC(C)(C)c1c(C(=O)O)cnn1-c1cccc(F)c1. The number of carboxylic acids is 1. The Balaban J connectivity index is 2.68. The van der Waals surface area contributed by atoms with Gasteiger partial charge in [0.15, 0.2) is 0 Å². The zero-order valence-electron chi connectivity index (χ0n) is 11.0. The van der Waals surface area contributed by atoms with Gasteiger partial charge in [0.25, 0.3) is 0 Å². The van der Waals surface area contributed by atoms with Crippen LogP contribution in [0.25, 0.3) is 5.69 Å². The predicted molar refractivity (Wildman–Crippen MR) is 69.2 cm³/mol. The van der Waals surface area contributed by atoms with E-state index < -0.39 is 11.4 Å². The lowest BCUT2D eigenvalue weighted by Gasteiger charge is -2.21. The maximum absolute atomic E-state index is 13.3. The monoisotopic (exact) mass is 262 g/mol. The van der Waals surface area contributed by atoms with Gasteiger partial charge < -0.3 is 5.11 Å². The summed E-state index contributed by atoms with van der Waals surface area (Å²) in [6, 6.07) is 5.92. The first-order chi connectivity index (χ1) is 8.80. The number of carbonyl (C=O) groups is 1. The molecule has 0 saturated carbocycles. The van der Waals surface area contributed by atoms with Crippen molar-refractivity contribution in [2.45, 2.75) is 26.2 Å². The first kappa shape index (κ1) is 13.3. The molecule has 5 heteroatoms. The zero-order valence-corrected chi connectivity index (χ0v) is 11.0. The van der Waals surface area contributed by atoms with Crippen molar-refractivity contribution in [3.8, 4) is 5.69 Å². The molecular weight excluding hydrogens is 247 g/mol. The highest BCUT2D eigenvalue weighted by molar-refractivity contribution is 5.89. The van der Waals surface area contributed by atoms with Gasteiger partial charge in [0.2, 0.25) is 0 Å². The first-order valence-electron chi connectivity index (χ1n) is 5.88. The molecule has 4 nitrogen and oxygen atoms in total. The Morgan fingerprint density at radius 1 is 1.37 bits per heavy atom. The molecule has 0 amide bonds. The number of hydrogen-bond donors (Lipinski definition) is 1. The van der Waals surface area contributed by atoms with Crippen molar-refractivity contribution < 1.29 is 14.3 Å². The van der Waals surface area contributed by atoms with E-state index >= 15 is 0 Å². The molecule has 0 saturated heterocycles. The van der Waals surface area contributed by atoms with E-state index in [1.807, 2.05) is 20.8 Å². The van der Waals surface area contributed by atoms with Crippen molar-refractivity contribution in [2.75, 3.05) is 0 Å². The molecule has 1 N–H and O–H groups in total. The summed E-state index contributed by atoms with van der Waals surface area (Å²) < 4.78 is 14.8. The molecule has 1 heterocycles. The summed E-state index contributed by atoms with van der Waals surface area (Å²) in [6.45, 7) is 5.69. The summed E-state index contributed by atoms with van der Waals surface area (Å²) in [4.78, 5) is 11.3. The summed E-state index contributed by atoms with van der Waals surface area (Å²) in [5, 5.41) is 13.3. The van der Waals surface area contributed by atoms with Crippen LogP contribution in [0.2, 0.25) is 0 Å². The molecular formula is C14H15FN2O2. The van der Waals surface area contributed by atoms with Crippen LogP contribution in [0.3, 0.4) is 0 Å². The van der Waals surface area contributed by atoms with Gasteiger partial charge in [-0.15, -0.1) is 0 Å². The second kappa shape index (κ2) is 4.50. The zero-order chi connectivity index (χ0) is 14.2. The summed E-state index contributed by atoms with van der Waals surface area (Å²) in [5.41, 5.74) is 0.774. The lowest BCUT2D eigenvalue weighted by Crippen LogP contribution is -2.21. The normalized spacial score (nSPS) is 11.6. The second-order valence-electron chi connectivity index (χ2n) is 5.35. The molecule has 0 aliphatic rings. The molecule has 2 rings (SSSR count). The van der Waals surface area contributed by atoms with Gasteiger partial charge in [0, 0.05) is 5.41 Å². The van der Waals surface area contributed by atoms with Crippen LogP contribution in [-0.2, 0) is 5.41 Å². The van der Waals surface area contributed by atoms with E-state index in [-0.39, 0.29) is 11.4 Å². The van der Waals surface area contributed by atoms with Gasteiger partial charge in [0.1, 0.15) is 11.4 Å². The van der Waals surface area contributed by atoms with Gasteiger partial charge in [-0.25, -0.2) is 13.9 Å². The third-order valence-corrected chi connectivity index (χ3v) is 2.76. The molecule has 19 heavy (non-hydrogen) atoms. The fraction of sp³-hybridized carbons (Fsp3) is 0.286. The molecule has 1 aromatic carbocycles. The van der Waals surface area contributed by atoms with E-state index in [1.165, 1.54) is 23.0 Å². The van der Waals surface area contributed by atoms with Crippen molar-refractivity contribution in [3.63, 3.8) is 0 Å². The Morgan fingerprint density at radius 3 is 2.58 bits per heavy atom. The number of nitrogens with zero attached hydrogens (tertiary/aromatic N) is 2.